The number of fused-ring (bicyclic) bond motifs is 1. The van der Waals surface area contributed by atoms with E-state index in [2.05, 4.69) is 56.5 Å². The molecule has 0 aromatic carbocycles. The predicted octanol–water partition coefficient (Wildman–Crippen LogP) is 3.11. The molecular weight excluding hydrogens is 426 g/mol. The van der Waals surface area contributed by atoms with Gasteiger partial charge in [-0.15, -0.1) is 5.10 Å². The lowest BCUT2D eigenvalue weighted by Crippen LogP contribution is -2.46. The van der Waals surface area contributed by atoms with Crippen molar-refractivity contribution in [3.8, 4) is 0 Å². The Morgan fingerprint density at radius 3 is 2.62 bits per heavy atom. The second kappa shape index (κ2) is 10.7. The maximum atomic E-state index is 8.79. The highest BCUT2D eigenvalue weighted by molar-refractivity contribution is 6.23. The van der Waals surface area contributed by atoms with Gasteiger partial charge in [-0.1, -0.05) is 13.8 Å². The fraction of sp³-hybridized carbons (Fsp3) is 0.400. The minimum atomic E-state index is 0.367. The Morgan fingerprint density at radius 2 is 1.88 bits per heavy atom. The van der Waals surface area contributed by atoms with Crippen molar-refractivity contribution in [3.63, 3.8) is 0 Å². The van der Waals surface area contributed by atoms with E-state index in [1.807, 2.05) is 43.7 Å². The second-order valence-corrected chi connectivity index (χ2v) is 9.02. The van der Waals surface area contributed by atoms with Crippen molar-refractivity contribution in [2.24, 2.45) is 0 Å². The van der Waals surface area contributed by atoms with Gasteiger partial charge in [-0.05, 0) is 42.8 Å². The number of piperazine rings is 1. The number of rotatable bonds is 8. The van der Waals surface area contributed by atoms with E-state index in [1.165, 1.54) is 0 Å². The minimum absolute atomic E-state index is 0.367. The van der Waals surface area contributed by atoms with Gasteiger partial charge >= 0.3 is 0 Å². The molecule has 1 fully saturated rings. The summed E-state index contributed by atoms with van der Waals surface area (Å²) in [6.07, 6.45) is 5.47. The van der Waals surface area contributed by atoms with Crippen LogP contribution in [0.1, 0.15) is 30.9 Å². The van der Waals surface area contributed by atoms with Crippen molar-refractivity contribution < 1.29 is 0 Å². The molecule has 34 heavy (non-hydrogen) atoms. The minimum Gasteiger partial charge on any atom is -0.393 e. The van der Waals surface area contributed by atoms with E-state index in [9.17, 15) is 0 Å². The third kappa shape index (κ3) is 5.73. The predicted molar refractivity (Wildman–Crippen MR) is 138 cm³/mol. The largest absolute Gasteiger partial charge is 0.393 e. The van der Waals surface area contributed by atoms with E-state index >= 15 is 0 Å². The first kappa shape index (κ1) is 23.7. The SMILES string of the molecule is CN/C=C(\C(=N)CN1CCN(C)CC1)c1cnc2ccc(Nc3cc(C(C)C)cnn3)nc2c1. The average Bonchev–Trinajstić information content (AvgIpc) is 2.83. The van der Waals surface area contributed by atoms with Crippen LogP contribution in [0.3, 0.4) is 0 Å². The molecule has 4 heterocycles. The van der Waals surface area contributed by atoms with Gasteiger partial charge < -0.3 is 20.9 Å². The molecule has 1 aliphatic rings. The van der Waals surface area contributed by atoms with E-state index in [0.717, 1.165) is 53.9 Å². The van der Waals surface area contributed by atoms with Gasteiger partial charge in [-0.3, -0.25) is 9.88 Å². The first-order chi connectivity index (χ1) is 16.4. The zero-order chi connectivity index (χ0) is 24.1. The highest BCUT2D eigenvalue weighted by Crippen LogP contribution is 2.23. The van der Waals surface area contributed by atoms with Crippen molar-refractivity contribution in [3.05, 3.63) is 54.0 Å². The van der Waals surface area contributed by atoms with Gasteiger partial charge in [0.2, 0.25) is 0 Å². The van der Waals surface area contributed by atoms with Gasteiger partial charge in [0, 0.05) is 63.3 Å². The molecule has 3 aromatic heterocycles. The first-order valence-corrected chi connectivity index (χ1v) is 11.7. The Morgan fingerprint density at radius 1 is 1.09 bits per heavy atom. The molecular formula is C25H33N9. The number of aromatic nitrogens is 4. The molecule has 0 bridgehead atoms. The van der Waals surface area contributed by atoms with E-state index in [4.69, 9.17) is 10.4 Å². The van der Waals surface area contributed by atoms with Gasteiger partial charge in [0.05, 0.1) is 22.9 Å². The first-order valence-electron chi connectivity index (χ1n) is 11.7. The summed E-state index contributed by atoms with van der Waals surface area (Å²) in [5.41, 5.74) is 4.92. The average molecular weight is 460 g/mol. The van der Waals surface area contributed by atoms with Crippen LogP contribution in [0.15, 0.2) is 42.9 Å². The Hall–Kier alpha value is -3.43. The van der Waals surface area contributed by atoms with Crippen LogP contribution in [0, 0.1) is 5.41 Å². The highest BCUT2D eigenvalue weighted by atomic mass is 15.2. The van der Waals surface area contributed by atoms with E-state index in [1.54, 1.807) is 6.20 Å². The van der Waals surface area contributed by atoms with Crippen LogP contribution in [0.4, 0.5) is 11.6 Å². The summed E-state index contributed by atoms with van der Waals surface area (Å²) in [5, 5.41) is 23.4. The van der Waals surface area contributed by atoms with E-state index in [0.29, 0.717) is 29.8 Å². The number of nitrogens with one attached hydrogen (secondary N) is 3. The van der Waals surface area contributed by atoms with Crippen molar-refractivity contribution in [2.45, 2.75) is 19.8 Å². The number of hydrogen-bond donors (Lipinski definition) is 3. The van der Waals surface area contributed by atoms with E-state index < -0.39 is 0 Å². The summed E-state index contributed by atoms with van der Waals surface area (Å²) in [5.74, 6) is 1.70. The fourth-order valence-electron chi connectivity index (χ4n) is 3.92. The summed E-state index contributed by atoms with van der Waals surface area (Å²) < 4.78 is 0. The molecule has 1 saturated heterocycles. The van der Waals surface area contributed by atoms with Crippen LogP contribution in [-0.4, -0.2) is 82.5 Å². The third-order valence-electron chi connectivity index (χ3n) is 6.04. The van der Waals surface area contributed by atoms with Crippen LogP contribution >= 0.6 is 0 Å². The van der Waals surface area contributed by atoms with Gasteiger partial charge in [0.1, 0.15) is 5.82 Å². The van der Waals surface area contributed by atoms with Crippen LogP contribution in [0.2, 0.25) is 0 Å². The lowest BCUT2D eigenvalue weighted by atomic mass is 10.0. The molecule has 0 atom stereocenters. The Kier molecular flexibility index (Phi) is 7.44. The van der Waals surface area contributed by atoms with Crippen molar-refractivity contribution in [1.82, 2.24) is 35.3 Å². The molecule has 0 aliphatic carbocycles. The molecule has 0 saturated carbocycles. The number of likely N-dealkylation sites (N-methyl/N-ethyl adjacent to an activating group) is 1. The molecule has 3 aromatic rings. The normalized spacial score (nSPS) is 15.6. The molecule has 0 radical (unpaired) electrons. The van der Waals surface area contributed by atoms with Crippen LogP contribution < -0.4 is 10.6 Å². The lowest BCUT2D eigenvalue weighted by Gasteiger charge is -2.32. The summed E-state index contributed by atoms with van der Waals surface area (Å²) in [6, 6.07) is 7.81. The van der Waals surface area contributed by atoms with Crippen molar-refractivity contribution in [1.29, 1.82) is 5.41 Å². The monoisotopic (exact) mass is 459 g/mol. The van der Waals surface area contributed by atoms with E-state index in [-0.39, 0.29) is 0 Å². The zero-order valence-corrected chi connectivity index (χ0v) is 20.3. The molecule has 0 spiro atoms. The zero-order valence-electron chi connectivity index (χ0n) is 20.3. The molecule has 4 rings (SSSR count). The molecule has 3 N–H and O–H groups in total. The molecule has 1 aliphatic heterocycles. The maximum Gasteiger partial charge on any atom is 0.154 e. The number of anilines is 2. The van der Waals surface area contributed by atoms with Gasteiger partial charge in [-0.25, -0.2) is 4.98 Å². The number of nitrogens with zero attached hydrogens (tertiary/aromatic N) is 6. The van der Waals surface area contributed by atoms with Crippen LogP contribution in [0.25, 0.3) is 16.6 Å². The Balaban J connectivity index is 1.56. The Labute approximate surface area is 200 Å². The molecule has 0 unspecified atom stereocenters. The maximum absolute atomic E-state index is 8.79. The molecule has 9 nitrogen and oxygen atoms in total. The standard InChI is InChI=1S/C25H33N9/c1-17(2)18-12-25(32-29-14-18)31-24-6-5-22-23(30-24)11-19(13-28-22)20(15-27-3)21(26)16-34-9-7-33(4)8-10-34/h5-6,11-15,17,26-27H,7-10,16H2,1-4H3,(H,30,31,32)/b20-15-,26-21?. The van der Waals surface area contributed by atoms with Gasteiger partial charge in [0.25, 0.3) is 0 Å². The van der Waals surface area contributed by atoms with Crippen LogP contribution in [-0.2, 0) is 0 Å². The number of hydrogen-bond acceptors (Lipinski definition) is 9. The highest BCUT2D eigenvalue weighted by Gasteiger charge is 2.18. The van der Waals surface area contributed by atoms with Crippen molar-refractivity contribution in [2.75, 3.05) is 52.1 Å². The van der Waals surface area contributed by atoms with Crippen LogP contribution in [0.5, 0.6) is 0 Å². The number of pyridine rings is 2. The molecule has 178 valence electrons. The quantitative estimate of drug-likeness (QED) is 0.441. The van der Waals surface area contributed by atoms with Gasteiger partial charge in [-0.2, -0.15) is 5.10 Å². The summed E-state index contributed by atoms with van der Waals surface area (Å²) >= 11 is 0. The van der Waals surface area contributed by atoms with Gasteiger partial charge in [0.15, 0.2) is 5.82 Å². The Bertz CT molecular complexity index is 1180. The molecule has 9 heteroatoms. The topological polar surface area (TPSA) is 106 Å². The summed E-state index contributed by atoms with van der Waals surface area (Å²) in [7, 11) is 3.99. The smallest absolute Gasteiger partial charge is 0.154 e. The summed E-state index contributed by atoms with van der Waals surface area (Å²) in [4.78, 5) is 14.0. The summed E-state index contributed by atoms with van der Waals surface area (Å²) in [6.45, 7) is 8.86. The molecule has 0 amide bonds. The lowest BCUT2D eigenvalue weighted by molar-refractivity contribution is 0.170. The third-order valence-corrected chi connectivity index (χ3v) is 6.04. The fourth-order valence-corrected chi connectivity index (χ4v) is 3.92. The van der Waals surface area contributed by atoms with Crippen molar-refractivity contribution >= 4 is 34.0 Å². The second-order valence-electron chi connectivity index (χ2n) is 9.02.